The molecule has 3 rings (SSSR count). The van der Waals surface area contributed by atoms with Crippen LogP contribution in [0.2, 0.25) is 0 Å². The molecule has 0 bridgehead atoms. The minimum Gasteiger partial charge on any atom is -0.361 e. The minimum atomic E-state index is -4.08. The van der Waals surface area contributed by atoms with Crippen molar-refractivity contribution in [2.75, 3.05) is 14.1 Å². The number of nitrogens with one attached hydrogen (secondary N) is 4. The highest BCUT2D eigenvalue weighted by molar-refractivity contribution is 7.90. The molecule has 3 amide bonds. The van der Waals surface area contributed by atoms with Crippen LogP contribution < -0.4 is 15.4 Å². The molecule has 1 aromatic heterocycles. The fraction of sp³-hybridized carbons (Fsp3) is 0.472. The number of sulfonamides is 1. The van der Waals surface area contributed by atoms with Crippen LogP contribution in [0.15, 0.2) is 71.4 Å². The summed E-state index contributed by atoms with van der Waals surface area (Å²) in [5, 5.41) is 7.23. The van der Waals surface area contributed by atoms with Crippen LogP contribution >= 0.6 is 0 Å². The van der Waals surface area contributed by atoms with E-state index in [-0.39, 0.29) is 22.6 Å². The van der Waals surface area contributed by atoms with Crippen LogP contribution in [0.3, 0.4) is 0 Å². The largest absolute Gasteiger partial charge is 0.361 e. The van der Waals surface area contributed by atoms with E-state index < -0.39 is 44.8 Å². The van der Waals surface area contributed by atoms with Crippen LogP contribution in [0.4, 0.5) is 0 Å². The molecular formula is C36H51N5O5S. The molecule has 0 aliphatic carbocycles. The van der Waals surface area contributed by atoms with E-state index in [1.807, 2.05) is 85.9 Å². The number of benzene rings is 2. The van der Waals surface area contributed by atoms with Crippen molar-refractivity contribution in [1.29, 1.82) is 0 Å². The average molecular weight is 666 g/mol. The van der Waals surface area contributed by atoms with Gasteiger partial charge in [0.2, 0.25) is 17.7 Å². The van der Waals surface area contributed by atoms with Gasteiger partial charge in [-0.25, -0.2) is 13.1 Å². The van der Waals surface area contributed by atoms with Gasteiger partial charge in [0.05, 0.1) is 16.9 Å². The van der Waals surface area contributed by atoms with Gasteiger partial charge in [0.15, 0.2) is 0 Å². The predicted molar refractivity (Wildman–Crippen MR) is 187 cm³/mol. The van der Waals surface area contributed by atoms with Crippen LogP contribution in [0, 0.1) is 24.2 Å². The number of aromatic amines is 1. The third kappa shape index (κ3) is 8.50. The van der Waals surface area contributed by atoms with Gasteiger partial charge in [-0.15, -0.1) is 0 Å². The second kappa shape index (κ2) is 14.4. The molecule has 0 aliphatic rings. The average Bonchev–Trinajstić information content (AvgIpc) is 3.42. The van der Waals surface area contributed by atoms with Crippen molar-refractivity contribution in [1.82, 2.24) is 25.2 Å². The molecule has 3 atom stereocenters. The number of rotatable bonds is 12. The highest BCUT2D eigenvalue weighted by Crippen LogP contribution is 2.34. The standard InChI is InChI=1S/C36H51N5O5S/c1-22(2)29(20-24(4)32(42)40-47(45,46)25-18-16-23(3)17-19-25)41(11)34(44)31(35(5,6)7)39-33(43)30(37-10)36(8,9)27-21-38-28-15-13-12-14-26(27)28/h12-22,24,30-31,37-38H,1-11H3,(H,39,43)(H,40,42)/b29-20+/t24?,30-,31-/m1/s1. The lowest BCUT2D eigenvalue weighted by Crippen LogP contribution is -2.60. The van der Waals surface area contributed by atoms with E-state index in [1.165, 1.54) is 17.0 Å². The number of hydrogen-bond donors (Lipinski definition) is 4. The second-order valence-electron chi connectivity index (χ2n) is 14.2. The number of amides is 3. The van der Waals surface area contributed by atoms with Crippen LogP contribution in [0.5, 0.6) is 0 Å². The number of nitrogens with zero attached hydrogens (tertiary/aromatic N) is 1. The molecule has 1 heterocycles. The van der Waals surface area contributed by atoms with Gasteiger partial charge in [0, 0.05) is 35.3 Å². The van der Waals surface area contributed by atoms with Crippen molar-refractivity contribution in [3.8, 4) is 0 Å². The van der Waals surface area contributed by atoms with E-state index in [4.69, 9.17) is 0 Å². The number of H-pyrrole nitrogens is 1. The molecule has 0 saturated carbocycles. The van der Waals surface area contributed by atoms with Crippen molar-refractivity contribution in [2.24, 2.45) is 17.3 Å². The van der Waals surface area contributed by atoms with Crippen molar-refractivity contribution >= 4 is 38.6 Å². The summed E-state index contributed by atoms with van der Waals surface area (Å²) >= 11 is 0. The fourth-order valence-corrected chi connectivity index (χ4v) is 6.86. The number of allylic oxidation sites excluding steroid dienone is 1. The Balaban J connectivity index is 1.86. The normalized spacial score (nSPS) is 14.9. The van der Waals surface area contributed by atoms with E-state index >= 15 is 0 Å². The predicted octanol–water partition coefficient (Wildman–Crippen LogP) is 5.01. The Morgan fingerprint density at radius 1 is 0.894 bits per heavy atom. The first-order valence-electron chi connectivity index (χ1n) is 15.9. The number of likely N-dealkylation sites (N-methyl/N-ethyl adjacent to an activating group) is 2. The smallest absolute Gasteiger partial charge is 0.264 e. The van der Waals surface area contributed by atoms with Crippen LogP contribution in [-0.2, 0) is 29.8 Å². The van der Waals surface area contributed by atoms with E-state index in [9.17, 15) is 22.8 Å². The zero-order valence-electron chi connectivity index (χ0n) is 29.5. The molecule has 0 saturated heterocycles. The maximum atomic E-state index is 14.2. The van der Waals surface area contributed by atoms with Crippen LogP contribution in [0.1, 0.15) is 66.5 Å². The third-order valence-corrected chi connectivity index (χ3v) is 10.0. The molecule has 2 aromatic carbocycles. The Hall–Kier alpha value is -3.96. The van der Waals surface area contributed by atoms with Gasteiger partial charge < -0.3 is 20.5 Å². The first-order chi connectivity index (χ1) is 21.7. The van der Waals surface area contributed by atoms with Crippen molar-refractivity contribution in [3.63, 3.8) is 0 Å². The van der Waals surface area contributed by atoms with Crippen molar-refractivity contribution in [2.45, 2.75) is 84.7 Å². The maximum absolute atomic E-state index is 14.2. The number of aryl methyl sites for hydroxylation is 1. The maximum Gasteiger partial charge on any atom is 0.264 e. The monoisotopic (exact) mass is 665 g/mol. The highest BCUT2D eigenvalue weighted by atomic mass is 32.2. The summed E-state index contributed by atoms with van der Waals surface area (Å²) < 4.78 is 27.8. The molecule has 0 radical (unpaired) electrons. The van der Waals surface area contributed by atoms with E-state index in [2.05, 4.69) is 20.3 Å². The van der Waals surface area contributed by atoms with Crippen LogP contribution in [-0.4, -0.2) is 62.2 Å². The van der Waals surface area contributed by atoms with E-state index in [1.54, 1.807) is 39.2 Å². The van der Waals surface area contributed by atoms with E-state index in [0.29, 0.717) is 5.70 Å². The molecule has 4 N–H and O–H groups in total. The number of para-hydroxylation sites is 1. The van der Waals surface area contributed by atoms with Gasteiger partial charge in [-0.05, 0) is 56.0 Å². The van der Waals surface area contributed by atoms with Gasteiger partial charge in [-0.3, -0.25) is 14.4 Å². The molecule has 47 heavy (non-hydrogen) atoms. The molecular weight excluding hydrogens is 614 g/mol. The molecule has 0 spiro atoms. The summed E-state index contributed by atoms with van der Waals surface area (Å²) in [5.41, 5.74) is 2.04. The van der Waals surface area contributed by atoms with Gasteiger partial charge >= 0.3 is 0 Å². The zero-order chi connectivity index (χ0) is 35.5. The van der Waals surface area contributed by atoms with Gasteiger partial charge in [-0.2, -0.15) is 0 Å². The summed E-state index contributed by atoms with van der Waals surface area (Å²) in [5.74, 6) is -2.48. The first kappa shape index (κ1) is 37.5. The lowest BCUT2D eigenvalue weighted by atomic mass is 9.76. The Morgan fingerprint density at radius 3 is 2.04 bits per heavy atom. The van der Waals surface area contributed by atoms with Gasteiger partial charge in [-0.1, -0.05) is 90.4 Å². The summed E-state index contributed by atoms with van der Waals surface area (Å²) in [7, 11) is -0.739. The molecule has 1 unspecified atom stereocenters. The molecule has 0 fully saturated rings. The summed E-state index contributed by atoms with van der Waals surface area (Å²) in [6.07, 6.45) is 3.52. The summed E-state index contributed by atoms with van der Waals surface area (Å²) in [4.78, 5) is 46.0. The summed E-state index contributed by atoms with van der Waals surface area (Å²) in [6, 6.07) is 12.5. The molecule has 0 aliphatic heterocycles. The van der Waals surface area contributed by atoms with Gasteiger partial charge in [0.1, 0.15) is 6.04 Å². The SMILES string of the molecule is CN[C@H](C(=O)N[C@H](C(=O)N(C)/C(=C/C(C)C(=O)NS(=O)(=O)c1ccc(C)cc1)C(C)C)C(C)(C)C)C(C)(C)c1c[nH]c2ccccc12. The lowest BCUT2D eigenvalue weighted by molar-refractivity contribution is -0.138. The van der Waals surface area contributed by atoms with Gasteiger partial charge in [0.25, 0.3) is 10.0 Å². The second-order valence-corrected chi connectivity index (χ2v) is 15.9. The fourth-order valence-electron chi connectivity index (χ4n) is 5.80. The first-order valence-corrected chi connectivity index (χ1v) is 17.4. The summed E-state index contributed by atoms with van der Waals surface area (Å²) in [6.45, 7) is 16.8. The van der Waals surface area contributed by atoms with Crippen molar-refractivity contribution < 1.29 is 22.8 Å². The number of carbonyl (C=O) groups excluding carboxylic acids is 3. The molecule has 10 nitrogen and oxygen atoms in total. The number of carbonyl (C=O) groups is 3. The highest BCUT2D eigenvalue weighted by Gasteiger charge is 2.42. The third-order valence-electron chi connectivity index (χ3n) is 8.67. The Labute approximate surface area is 279 Å². The molecule has 256 valence electrons. The van der Waals surface area contributed by atoms with E-state index in [0.717, 1.165) is 22.0 Å². The molecule has 11 heteroatoms. The number of aromatic nitrogens is 1. The quantitative estimate of drug-likeness (QED) is 0.214. The Morgan fingerprint density at radius 2 is 1.49 bits per heavy atom. The Kier molecular flexibility index (Phi) is 11.5. The van der Waals surface area contributed by atoms with Crippen molar-refractivity contribution in [3.05, 3.63) is 77.6 Å². The lowest BCUT2D eigenvalue weighted by Gasteiger charge is -2.38. The Bertz CT molecular complexity index is 1730. The zero-order valence-corrected chi connectivity index (χ0v) is 30.3. The minimum absolute atomic E-state index is 0.0134. The molecule has 3 aromatic rings. The topological polar surface area (TPSA) is 140 Å². The number of hydrogen-bond acceptors (Lipinski definition) is 6. The van der Waals surface area contributed by atoms with Crippen LogP contribution in [0.25, 0.3) is 10.9 Å². The number of fused-ring (bicyclic) bond motifs is 1.